The van der Waals surface area contributed by atoms with Crippen molar-refractivity contribution in [2.45, 2.75) is 89.5 Å². The zero-order valence-electron chi connectivity index (χ0n) is 27.5. The first-order chi connectivity index (χ1) is 22.2. The fraction of sp³-hybridized carbons (Fsp3) is 0.571. The number of sulfonamides is 1. The van der Waals surface area contributed by atoms with Crippen LogP contribution in [-0.2, 0) is 24.4 Å². The van der Waals surface area contributed by atoms with Crippen molar-refractivity contribution in [2.24, 2.45) is 28.9 Å². The Balaban J connectivity index is 1.08. The first-order valence-corrected chi connectivity index (χ1v) is 18.0. The van der Waals surface area contributed by atoms with Crippen molar-refractivity contribution in [1.82, 2.24) is 9.62 Å². The van der Waals surface area contributed by atoms with Gasteiger partial charge in [-0.15, -0.1) is 0 Å². The molecule has 0 spiro atoms. The van der Waals surface area contributed by atoms with Gasteiger partial charge >= 0.3 is 0 Å². The minimum absolute atomic E-state index is 0.0276. The van der Waals surface area contributed by atoms with E-state index in [1.54, 1.807) is 19.1 Å². The molecule has 256 valence electrons. The van der Waals surface area contributed by atoms with Crippen molar-refractivity contribution < 1.29 is 36.7 Å². The van der Waals surface area contributed by atoms with Gasteiger partial charge in [0.05, 0.1) is 24.3 Å². The predicted molar refractivity (Wildman–Crippen MR) is 176 cm³/mol. The zero-order valence-corrected chi connectivity index (χ0v) is 28.4. The molecule has 5 rings (SSSR count). The summed E-state index contributed by atoms with van der Waals surface area (Å²) in [7, 11) is -2.07. The summed E-state index contributed by atoms with van der Waals surface area (Å²) in [5.41, 5.74) is 5.02. The molecule has 10 nitrogen and oxygen atoms in total. The monoisotopic (exact) mass is 671 g/mol. The Hall–Kier alpha value is -3.67. The normalized spacial score (nSPS) is 25.5. The number of allylic oxidation sites excluding steroid dienone is 2. The Bertz CT molecular complexity index is 1660. The second kappa shape index (κ2) is 13.8. The van der Waals surface area contributed by atoms with Gasteiger partial charge in [-0.3, -0.25) is 19.1 Å². The Morgan fingerprint density at radius 3 is 2.57 bits per heavy atom. The number of amides is 3. The van der Waals surface area contributed by atoms with E-state index in [1.165, 1.54) is 24.1 Å². The van der Waals surface area contributed by atoms with Gasteiger partial charge in [-0.25, -0.2) is 12.8 Å². The van der Waals surface area contributed by atoms with E-state index in [0.29, 0.717) is 47.5 Å². The minimum Gasteiger partial charge on any atom is -0.496 e. The van der Waals surface area contributed by atoms with E-state index in [4.69, 9.17) is 15.2 Å². The van der Waals surface area contributed by atoms with Crippen LogP contribution in [0.15, 0.2) is 42.5 Å². The number of benzene rings is 2. The molecule has 0 radical (unpaired) electrons. The maximum Gasteiger partial charge on any atom is 0.240 e. The molecule has 3 amide bonds. The summed E-state index contributed by atoms with van der Waals surface area (Å²) in [5, 5.41) is 0.808. The number of rotatable bonds is 15. The SMILES string of the molecule is COc1cc(F)cc2c(O[C@@H]3C[C@@H](C(N)=O)N(C(=O)C[C@H](C)C[C@H](C)CC/C=C\[C@@H]4C[C@]4(C)C(=O)NS(=O)(=O)C4CC4)C3)cccc12. The van der Waals surface area contributed by atoms with Gasteiger partial charge < -0.3 is 20.1 Å². The lowest BCUT2D eigenvalue weighted by Gasteiger charge is -2.24. The summed E-state index contributed by atoms with van der Waals surface area (Å²) >= 11 is 0. The highest BCUT2D eigenvalue weighted by atomic mass is 32.2. The second-order valence-electron chi connectivity index (χ2n) is 14.0. The lowest BCUT2D eigenvalue weighted by atomic mass is 9.91. The Morgan fingerprint density at radius 2 is 1.89 bits per heavy atom. The van der Waals surface area contributed by atoms with Gasteiger partial charge in [0.25, 0.3) is 0 Å². The summed E-state index contributed by atoms with van der Waals surface area (Å²) in [5.74, 6) is -0.344. The average molecular weight is 672 g/mol. The number of halogens is 1. The van der Waals surface area contributed by atoms with Crippen LogP contribution in [0.25, 0.3) is 10.8 Å². The quantitative estimate of drug-likeness (QED) is 0.258. The number of carbonyl (C=O) groups excluding carboxylic acids is 3. The highest BCUT2D eigenvalue weighted by Gasteiger charge is 2.56. The number of methoxy groups -OCH3 is 1. The number of carbonyl (C=O) groups is 3. The summed E-state index contributed by atoms with van der Waals surface area (Å²) < 4.78 is 52.4. The lowest BCUT2D eigenvalue weighted by Crippen LogP contribution is -2.44. The number of hydrogen-bond donors (Lipinski definition) is 2. The van der Waals surface area contributed by atoms with Crippen molar-refractivity contribution >= 4 is 38.5 Å². The maximum atomic E-state index is 14.3. The van der Waals surface area contributed by atoms with E-state index in [1.807, 2.05) is 19.1 Å². The third kappa shape index (κ3) is 8.08. The maximum absolute atomic E-state index is 14.3. The van der Waals surface area contributed by atoms with Crippen LogP contribution in [0, 0.1) is 29.0 Å². The fourth-order valence-corrected chi connectivity index (χ4v) is 8.18. The van der Waals surface area contributed by atoms with Crippen molar-refractivity contribution in [2.75, 3.05) is 13.7 Å². The third-order valence-corrected chi connectivity index (χ3v) is 11.7. The Morgan fingerprint density at radius 1 is 1.15 bits per heavy atom. The molecule has 3 fully saturated rings. The number of ether oxygens (including phenoxy) is 2. The average Bonchev–Trinajstić information content (AvgIpc) is 3.92. The molecule has 1 aliphatic heterocycles. The molecule has 1 saturated heterocycles. The molecule has 47 heavy (non-hydrogen) atoms. The molecular formula is C35H46FN3O7S. The smallest absolute Gasteiger partial charge is 0.240 e. The van der Waals surface area contributed by atoms with E-state index < -0.39 is 50.5 Å². The van der Waals surface area contributed by atoms with Gasteiger partial charge in [0, 0.05) is 29.7 Å². The van der Waals surface area contributed by atoms with Gasteiger partial charge in [0.2, 0.25) is 27.7 Å². The van der Waals surface area contributed by atoms with Crippen molar-refractivity contribution in [3.8, 4) is 11.5 Å². The van der Waals surface area contributed by atoms with E-state index in [0.717, 1.165) is 19.3 Å². The summed E-state index contributed by atoms with van der Waals surface area (Å²) in [6.07, 6.45) is 8.51. The van der Waals surface area contributed by atoms with Gasteiger partial charge in [-0.2, -0.15) is 0 Å². The topological polar surface area (TPSA) is 145 Å². The highest BCUT2D eigenvalue weighted by molar-refractivity contribution is 7.90. The molecule has 12 heteroatoms. The van der Waals surface area contributed by atoms with Crippen molar-refractivity contribution in [1.29, 1.82) is 0 Å². The van der Waals surface area contributed by atoms with Crippen molar-refractivity contribution in [3.63, 3.8) is 0 Å². The summed E-state index contributed by atoms with van der Waals surface area (Å²) in [4.78, 5) is 39.8. The number of primary amides is 1. The molecule has 1 heterocycles. The molecule has 2 aliphatic carbocycles. The van der Waals surface area contributed by atoms with Gasteiger partial charge in [0.1, 0.15) is 29.5 Å². The van der Waals surface area contributed by atoms with E-state index in [9.17, 15) is 27.2 Å². The van der Waals surface area contributed by atoms with E-state index in [-0.39, 0.29) is 37.1 Å². The molecule has 3 N–H and O–H groups in total. The van der Waals surface area contributed by atoms with Gasteiger partial charge in [0.15, 0.2) is 0 Å². The van der Waals surface area contributed by atoms with Crippen LogP contribution in [0.1, 0.15) is 72.1 Å². The van der Waals surface area contributed by atoms with Crippen LogP contribution < -0.4 is 19.9 Å². The standard InChI is InChI=1S/C35H46FN3O7S/c1-21(8-5-6-9-23-19-35(23,3)34(42)38-47(43,44)26-12-13-26)14-22(2)15-32(40)39-20-25(18-29(39)33(37)41)46-30-11-7-10-27-28(30)16-24(36)17-31(27)45-4/h6-7,9-11,16-17,21-23,25-26,29H,5,8,12-15,18-20H2,1-4H3,(H2,37,41)(H,38,42)/b9-6-/t21-,22-,23-,25-,29+,35+/m1/s1. The molecule has 6 atom stereocenters. The minimum atomic E-state index is -3.54. The first kappa shape index (κ1) is 34.7. The van der Waals surface area contributed by atoms with Crippen LogP contribution in [0.4, 0.5) is 4.39 Å². The Kier molecular flexibility index (Phi) is 10.2. The van der Waals surface area contributed by atoms with E-state index >= 15 is 0 Å². The van der Waals surface area contributed by atoms with Crippen LogP contribution in [0.5, 0.6) is 11.5 Å². The highest BCUT2D eigenvalue weighted by Crippen LogP contribution is 2.53. The lowest BCUT2D eigenvalue weighted by molar-refractivity contribution is -0.138. The largest absolute Gasteiger partial charge is 0.496 e. The molecule has 0 bridgehead atoms. The van der Waals surface area contributed by atoms with Crippen LogP contribution in [0.3, 0.4) is 0 Å². The second-order valence-corrected chi connectivity index (χ2v) is 15.9. The molecule has 2 aromatic carbocycles. The van der Waals surface area contributed by atoms with Gasteiger partial charge in [-0.1, -0.05) is 45.1 Å². The number of hydrogen-bond acceptors (Lipinski definition) is 7. The van der Waals surface area contributed by atoms with E-state index in [2.05, 4.69) is 17.7 Å². The molecule has 0 unspecified atom stereocenters. The fourth-order valence-electron chi connectivity index (χ4n) is 6.76. The molecule has 3 aliphatic rings. The van der Waals surface area contributed by atoms with Crippen molar-refractivity contribution in [3.05, 3.63) is 48.3 Å². The molecule has 2 saturated carbocycles. The van der Waals surface area contributed by atoms with Gasteiger partial charge in [-0.05, 0) is 68.4 Å². The van der Waals surface area contributed by atoms with Crippen LogP contribution in [0.2, 0.25) is 0 Å². The van der Waals surface area contributed by atoms with Crippen LogP contribution in [-0.4, -0.2) is 62.1 Å². The third-order valence-electron chi connectivity index (χ3n) is 9.85. The Labute approximate surface area is 276 Å². The van der Waals surface area contributed by atoms with Crippen LogP contribution >= 0.6 is 0 Å². The molecular weight excluding hydrogens is 625 g/mol. The first-order valence-electron chi connectivity index (χ1n) is 16.5. The molecule has 2 aromatic rings. The zero-order chi connectivity index (χ0) is 34.1. The number of nitrogens with one attached hydrogen (secondary N) is 1. The molecule has 0 aromatic heterocycles. The number of nitrogens with two attached hydrogens (primary N) is 1. The summed E-state index contributed by atoms with van der Waals surface area (Å²) in [6, 6.07) is 7.23. The number of likely N-dealkylation sites (tertiary alicyclic amines) is 1. The summed E-state index contributed by atoms with van der Waals surface area (Å²) in [6.45, 7) is 6.17. The number of nitrogens with zero attached hydrogens (tertiary/aromatic N) is 1. The predicted octanol–water partition coefficient (Wildman–Crippen LogP) is 4.84. The number of fused-ring (bicyclic) bond motifs is 1.